The summed E-state index contributed by atoms with van der Waals surface area (Å²) in [5, 5.41) is 3.16. The summed E-state index contributed by atoms with van der Waals surface area (Å²) in [6.07, 6.45) is 4.41. The van der Waals surface area contributed by atoms with Crippen molar-refractivity contribution in [2.45, 2.75) is 70.8 Å². The molecule has 2 amide bonds. The number of benzene rings is 2. The summed E-state index contributed by atoms with van der Waals surface area (Å²) in [4.78, 5) is 27.9. The smallest absolute Gasteiger partial charge is 0.242 e. The van der Waals surface area contributed by atoms with Gasteiger partial charge in [0.15, 0.2) is 0 Å². The maximum Gasteiger partial charge on any atom is 0.242 e. The third-order valence-corrected chi connectivity index (χ3v) is 7.18. The zero-order chi connectivity index (χ0) is 22.2. The minimum absolute atomic E-state index is 0.0101. The number of aryl methyl sites for hydroxylation is 2. The zero-order valence-corrected chi connectivity index (χ0v) is 19.7. The maximum atomic E-state index is 13.2. The fraction of sp³-hybridized carbons (Fsp3) is 0.462. The Kier molecular flexibility index (Phi) is 8.59. The van der Waals surface area contributed by atoms with Crippen LogP contribution < -0.4 is 5.32 Å². The summed E-state index contributed by atoms with van der Waals surface area (Å²) in [6.45, 7) is 6.45. The van der Waals surface area contributed by atoms with Crippen LogP contribution in [-0.4, -0.2) is 34.6 Å². The van der Waals surface area contributed by atoms with Crippen molar-refractivity contribution in [3.05, 3.63) is 70.8 Å². The molecular formula is C26H34N2O2S. The Morgan fingerprint density at radius 2 is 1.58 bits per heavy atom. The molecule has 0 aromatic heterocycles. The van der Waals surface area contributed by atoms with Crippen molar-refractivity contribution < 1.29 is 9.59 Å². The van der Waals surface area contributed by atoms with Gasteiger partial charge in [0.1, 0.15) is 6.04 Å². The van der Waals surface area contributed by atoms with Crippen molar-refractivity contribution in [1.29, 1.82) is 0 Å². The standard InChI is InChI=1S/C26H34N2O2S/c1-19-10-4-6-12-22(19)16-28(21(3)26(30)27-24-14-8-9-15-24)25(29)18-31-17-23-13-7-5-11-20(23)2/h4-7,10-13,21,24H,8-9,14-18H2,1-3H3,(H,27,30)/t21-/m1/s1. The number of amides is 2. The molecular weight excluding hydrogens is 404 g/mol. The lowest BCUT2D eigenvalue weighted by molar-refractivity contribution is -0.139. The van der Waals surface area contributed by atoms with Crippen molar-refractivity contribution in [2.24, 2.45) is 0 Å². The van der Waals surface area contributed by atoms with Crippen molar-refractivity contribution in [1.82, 2.24) is 10.2 Å². The number of thioether (sulfide) groups is 1. The van der Waals surface area contributed by atoms with Crippen LogP contribution in [0.25, 0.3) is 0 Å². The largest absolute Gasteiger partial charge is 0.352 e. The summed E-state index contributed by atoms with van der Waals surface area (Å²) >= 11 is 1.61. The molecule has 1 fully saturated rings. The van der Waals surface area contributed by atoms with E-state index >= 15 is 0 Å². The Morgan fingerprint density at radius 3 is 2.19 bits per heavy atom. The summed E-state index contributed by atoms with van der Waals surface area (Å²) in [5.41, 5.74) is 4.71. The van der Waals surface area contributed by atoms with Crippen LogP contribution >= 0.6 is 11.8 Å². The van der Waals surface area contributed by atoms with E-state index in [1.54, 1.807) is 16.7 Å². The van der Waals surface area contributed by atoms with Crippen molar-refractivity contribution in [3.63, 3.8) is 0 Å². The molecule has 2 aromatic rings. The quantitative estimate of drug-likeness (QED) is 0.598. The summed E-state index contributed by atoms with van der Waals surface area (Å²) < 4.78 is 0. The zero-order valence-electron chi connectivity index (χ0n) is 18.9. The van der Waals surface area contributed by atoms with Gasteiger partial charge in [-0.3, -0.25) is 9.59 Å². The van der Waals surface area contributed by atoms with Crippen LogP contribution in [0, 0.1) is 13.8 Å². The molecule has 5 heteroatoms. The molecule has 1 N–H and O–H groups in total. The van der Waals surface area contributed by atoms with Gasteiger partial charge < -0.3 is 10.2 Å². The average Bonchev–Trinajstić information content (AvgIpc) is 3.27. The monoisotopic (exact) mass is 438 g/mol. The van der Waals surface area contributed by atoms with Crippen LogP contribution in [0.3, 0.4) is 0 Å². The number of carbonyl (C=O) groups excluding carboxylic acids is 2. The Balaban J connectivity index is 1.67. The second-order valence-electron chi connectivity index (χ2n) is 8.53. The number of nitrogens with zero attached hydrogens (tertiary/aromatic N) is 1. The number of rotatable bonds is 9. The molecule has 4 nitrogen and oxygen atoms in total. The second-order valence-corrected chi connectivity index (χ2v) is 9.52. The molecule has 0 spiro atoms. The highest BCUT2D eigenvalue weighted by atomic mass is 32.2. The predicted molar refractivity (Wildman–Crippen MR) is 129 cm³/mol. The Bertz CT molecular complexity index is 892. The molecule has 0 unspecified atom stereocenters. The molecule has 1 aliphatic carbocycles. The Hall–Kier alpha value is -2.27. The molecule has 31 heavy (non-hydrogen) atoms. The summed E-state index contributed by atoms with van der Waals surface area (Å²) in [7, 11) is 0. The van der Waals surface area contributed by atoms with Crippen LogP contribution in [0.15, 0.2) is 48.5 Å². The van der Waals surface area contributed by atoms with Gasteiger partial charge in [-0.2, -0.15) is 0 Å². The van der Waals surface area contributed by atoms with Crippen molar-refractivity contribution in [2.75, 3.05) is 5.75 Å². The molecule has 0 heterocycles. The maximum absolute atomic E-state index is 13.2. The van der Waals surface area contributed by atoms with Gasteiger partial charge in [-0.25, -0.2) is 0 Å². The van der Waals surface area contributed by atoms with Crippen LogP contribution in [-0.2, 0) is 21.9 Å². The number of hydrogen-bond acceptors (Lipinski definition) is 3. The van der Waals surface area contributed by atoms with Crippen molar-refractivity contribution >= 4 is 23.6 Å². The van der Waals surface area contributed by atoms with Crippen LogP contribution in [0.2, 0.25) is 0 Å². The molecule has 1 atom stereocenters. The highest BCUT2D eigenvalue weighted by Gasteiger charge is 2.28. The van der Waals surface area contributed by atoms with E-state index in [1.165, 1.54) is 24.0 Å². The van der Waals surface area contributed by atoms with E-state index < -0.39 is 6.04 Å². The fourth-order valence-electron chi connectivity index (χ4n) is 4.05. The Morgan fingerprint density at radius 1 is 1.00 bits per heavy atom. The highest BCUT2D eigenvalue weighted by Crippen LogP contribution is 2.21. The van der Waals surface area contributed by atoms with E-state index in [1.807, 2.05) is 50.2 Å². The van der Waals surface area contributed by atoms with Gasteiger partial charge in [0, 0.05) is 18.3 Å². The van der Waals surface area contributed by atoms with Crippen molar-refractivity contribution in [3.8, 4) is 0 Å². The summed E-state index contributed by atoms with van der Waals surface area (Å²) in [6, 6.07) is 16.1. The van der Waals surface area contributed by atoms with E-state index in [2.05, 4.69) is 24.4 Å². The van der Waals surface area contributed by atoms with Gasteiger partial charge in [0.05, 0.1) is 5.75 Å². The third-order valence-electron chi connectivity index (χ3n) is 6.22. The van der Waals surface area contributed by atoms with Crippen LogP contribution in [0.1, 0.15) is 54.9 Å². The van der Waals surface area contributed by atoms with Crippen LogP contribution in [0.4, 0.5) is 0 Å². The van der Waals surface area contributed by atoms with E-state index in [-0.39, 0.29) is 17.9 Å². The molecule has 0 bridgehead atoms. The molecule has 0 aliphatic heterocycles. The first-order chi connectivity index (χ1) is 15.0. The predicted octanol–water partition coefficient (Wildman–Crippen LogP) is 5.01. The molecule has 1 aliphatic rings. The van der Waals surface area contributed by atoms with Gasteiger partial charge in [-0.1, -0.05) is 61.4 Å². The minimum Gasteiger partial charge on any atom is -0.352 e. The average molecular weight is 439 g/mol. The summed E-state index contributed by atoms with van der Waals surface area (Å²) in [5.74, 6) is 1.12. The van der Waals surface area contributed by atoms with E-state index in [4.69, 9.17) is 0 Å². The number of hydrogen-bond donors (Lipinski definition) is 1. The molecule has 0 radical (unpaired) electrons. The lowest BCUT2D eigenvalue weighted by atomic mass is 10.1. The Labute approximate surface area is 190 Å². The van der Waals surface area contributed by atoms with E-state index in [0.717, 1.165) is 29.7 Å². The topological polar surface area (TPSA) is 49.4 Å². The first kappa shape index (κ1) is 23.4. The fourth-order valence-corrected chi connectivity index (χ4v) is 5.04. The van der Waals surface area contributed by atoms with E-state index in [9.17, 15) is 9.59 Å². The molecule has 2 aromatic carbocycles. The molecule has 1 saturated carbocycles. The normalized spacial score (nSPS) is 14.9. The van der Waals surface area contributed by atoms with Gasteiger partial charge in [0.25, 0.3) is 0 Å². The van der Waals surface area contributed by atoms with Gasteiger partial charge >= 0.3 is 0 Å². The molecule has 3 rings (SSSR count). The van der Waals surface area contributed by atoms with Gasteiger partial charge in [0.2, 0.25) is 11.8 Å². The van der Waals surface area contributed by atoms with Crippen LogP contribution in [0.5, 0.6) is 0 Å². The van der Waals surface area contributed by atoms with Gasteiger partial charge in [-0.05, 0) is 55.9 Å². The SMILES string of the molecule is Cc1ccccc1CSCC(=O)N(Cc1ccccc1C)[C@H](C)C(=O)NC1CCCC1. The lowest BCUT2D eigenvalue weighted by Crippen LogP contribution is -2.50. The molecule has 166 valence electrons. The number of carbonyl (C=O) groups is 2. The van der Waals surface area contributed by atoms with Gasteiger partial charge in [-0.15, -0.1) is 11.8 Å². The first-order valence-electron chi connectivity index (χ1n) is 11.2. The first-order valence-corrected chi connectivity index (χ1v) is 12.4. The minimum atomic E-state index is -0.494. The lowest BCUT2D eigenvalue weighted by Gasteiger charge is -2.30. The number of nitrogens with one attached hydrogen (secondary N) is 1. The molecule has 0 saturated heterocycles. The second kappa shape index (κ2) is 11.4. The van der Waals surface area contributed by atoms with E-state index in [0.29, 0.717) is 12.3 Å². The highest BCUT2D eigenvalue weighted by molar-refractivity contribution is 7.99. The third kappa shape index (κ3) is 6.60.